The minimum absolute atomic E-state index is 0.361. The number of benzene rings is 2. The number of unbranched alkanes of at least 4 members (excludes halogenated alkanes) is 1. The number of ether oxygens (including phenoxy) is 2. The molecule has 2 aromatic rings. The number of hydrogen-bond acceptors (Lipinski definition) is 5. The van der Waals surface area contributed by atoms with E-state index in [9.17, 15) is 9.59 Å². The van der Waals surface area contributed by atoms with E-state index in [1.807, 2.05) is 25.1 Å². The number of hydrogen-bond donors (Lipinski definition) is 2. The van der Waals surface area contributed by atoms with Gasteiger partial charge < -0.3 is 14.8 Å². The fourth-order valence-electron chi connectivity index (χ4n) is 2.37. The third-order valence-electron chi connectivity index (χ3n) is 3.95. The van der Waals surface area contributed by atoms with Crippen molar-refractivity contribution in [3.8, 4) is 11.5 Å². The Morgan fingerprint density at radius 3 is 2.60 bits per heavy atom. The zero-order valence-corrected chi connectivity index (χ0v) is 19.6. The molecular weight excluding hydrogens is 521 g/mol. The van der Waals surface area contributed by atoms with Crippen LogP contribution in [-0.4, -0.2) is 31.7 Å². The van der Waals surface area contributed by atoms with Crippen molar-refractivity contribution in [3.63, 3.8) is 0 Å². The Balaban J connectivity index is 2.00. The van der Waals surface area contributed by atoms with Crippen molar-refractivity contribution in [3.05, 3.63) is 56.1 Å². The van der Waals surface area contributed by atoms with Crippen molar-refractivity contribution in [2.24, 2.45) is 5.10 Å². The first-order valence-electron chi connectivity index (χ1n) is 9.30. The average Bonchev–Trinajstić information content (AvgIpc) is 2.73. The van der Waals surface area contributed by atoms with E-state index in [0.29, 0.717) is 35.2 Å². The molecule has 2 N–H and O–H groups in total. The topological polar surface area (TPSA) is 89.0 Å². The van der Waals surface area contributed by atoms with Gasteiger partial charge in [-0.1, -0.05) is 37.1 Å². The van der Waals surface area contributed by atoms with Crippen molar-refractivity contribution < 1.29 is 19.1 Å². The maximum Gasteiger partial charge on any atom is 0.329 e. The molecule has 0 bridgehead atoms. The number of methoxy groups -OCH3 is 1. The van der Waals surface area contributed by atoms with E-state index in [1.165, 1.54) is 6.21 Å². The third kappa shape index (κ3) is 7.49. The largest absolute Gasteiger partial charge is 0.493 e. The minimum atomic E-state index is -0.813. The van der Waals surface area contributed by atoms with Gasteiger partial charge in [-0.3, -0.25) is 9.59 Å². The molecular formula is C21H23ClIN3O4. The number of nitrogens with one attached hydrogen (secondary N) is 2. The number of carbonyl (C=O) groups excluding carboxylic acids is 2. The molecule has 0 saturated carbocycles. The van der Waals surface area contributed by atoms with Gasteiger partial charge in [-0.15, -0.1) is 0 Å². The molecule has 0 unspecified atom stereocenters. The van der Waals surface area contributed by atoms with Crippen molar-refractivity contribution in [1.82, 2.24) is 10.7 Å². The van der Waals surface area contributed by atoms with Crippen LogP contribution in [0.25, 0.3) is 0 Å². The second-order valence-electron chi connectivity index (χ2n) is 6.26. The van der Waals surface area contributed by atoms with Gasteiger partial charge in [0.2, 0.25) is 0 Å². The summed E-state index contributed by atoms with van der Waals surface area (Å²) >= 11 is 8.04. The Kier molecular flexibility index (Phi) is 9.88. The van der Waals surface area contributed by atoms with Gasteiger partial charge in [-0.05, 0) is 64.4 Å². The molecule has 0 spiro atoms. The van der Waals surface area contributed by atoms with Gasteiger partial charge in [-0.2, -0.15) is 5.10 Å². The predicted octanol–water partition coefficient (Wildman–Crippen LogP) is 3.90. The van der Waals surface area contributed by atoms with Crippen molar-refractivity contribution in [2.45, 2.75) is 26.4 Å². The monoisotopic (exact) mass is 543 g/mol. The number of halogens is 2. The normalized spacial score (nSPS) is 10.7. The summed E-state index contributed by atoms with van der Waals surface area (Å²) in [7, 11) is 1.55. The van der Waals surface area contributed by atoms with E-state index in [1.54, 1.807) is 25.3 Å². The van der Waals surface area contributed by atoms with Crippen LogP contribution in [0.1, 0.15) is 30.9 Å². The lowest BCUT2D eigenvalue weighted by molar-refractivity contribution is -0.139. The Bertz CT molecular complexity index is 904. The quantitative estimate of drug-likeness (QED) is 0.165. The Morgan fingerprint density at radius 2 is 1.93 bits per heavy atom. The molecule has 0 saturated heterocycles. The SMILES string of the molecule is CCCCNC(=O)C(=O)N/N=C\c1cc(I)c(OCc2ccc(Cl)cc2)c(OC)c1. The number of amides is 2. The zero-order chi connectivity index (χ0) is 21.9. The van der Waals surface area contributed by atoms with Crippen LogP contribution in [0.3, 0.4) is 0 Å². The van der Waals surface area contributed by atoms with Crippen LogP contribution in [-0.2, 0) is 16.2 Å². The van der Waals surface area contributed by atoms with E-state index in [4.69, 9.17) is 21.1 Å². The smallest absolute Gasteiger partial charge is 0.329 e. The molecule has 9 heteroatoms. The lowest BCUT2D eigenvalue weighted by Crippen LogP contribution is -2.38. The van der Waals surface area contributed by atoms with Gasteiger partial charge in [-0.25, -0.2) is 5.43 Å². The lowest BCUT2D eigenvalue weighted by Gasteiger charge is -2.13. The Labute approximate surface area is 194 Å². The molecule has 2 rings (SSSR count). The third-order valence-corrected chi connectivity index (χ3v) is 5.00. The zero-order valence-electron chi connectivity index (χ0n) is 16.7. The van der Waals surface area contributed by atoms with E-state index in [0.717, 1.165) is 22.0 Å². The van der Waals surface area contributed by atoms with Crippen LogP contribution in [0.15, 0.2) is 41.5 Å². The van der Waals surface area contributed by atoms with Gasteiger partial charge in [0.25, 0.3) is 0 Å². The van der Waals surface area contributed by atoms with Gasteiger partial charge >= 0.3 is 11.8 Å². The fraction of sp³-hybridized carbons (Fsp3) is 0.286. The van der Waals surface area contributed by atoms with Gasteiger partial charge in [0.1, 0.15) is 6.61 Å². The second kappa shape index (κ2) is 12.4. The number of carbonyl (C=O) groups is 2. The molecule has 2 amide bonds. The highest BCUT2D eigenvalue weighted by Gasteiger charge is 2.13. The Hall–Kier alpha value is -2.33. The van der Waals surface area contributed by atoms with E-state index in [2.05, 4.69) is 38.4 Å². The predicted molar refractivity (Wildman–Crippen MR) is 125 cm³/mol. The first kappa shape index (κ1) is 23.9. The standard InChI is InChI=1S/C21H23ClIN3O4/c1-3-4-9-24-20(27)21(28)26-25-12-15-10-17(23)19(18(11-15)29-2)30-13-14-5-7-16(22)8-6-14/h5-8,10-12H,3-4,9,13H2,1-2H3,(H,24,27)(H,26,28)/b25-12-. The van der Waals surface area contributed by atoms with Crippen molar-refractivity contribution >= 4 is 52.2 Å². The van der Waals surface area contributed by atoms with E-state index >= 15 is 0 Å². The summed E-state index contributed by atoms with van der Waals surface area (Å²) < 4.78 is 12.2. The molecule has 0 aliphatic carbocycles. The first-order valence-corrected chi connectivity index (χ1v) is 10.8. The highest BCUT2D eigenvalue weighted by atomic mass is 127. The summed E-state index contributed by atoms with van der Waals surface area (Å²) in [6.45, 7) is 2.82. The molecule has 0 aromatic heterocycles. The summed E-state index contributed by atoms with van der Waals surface area (Å²) in [5.41, 5.74) is 3.87. The maximum atomic E-state index is 11.7. The van der Waals surface area contributed by atoms with E-state index < -0.39 is 11.8 Å². The van der Waals surface area contributed by atoms with Gasteiger partial charge in [0, 0.05) is 11.6 Å². The second-order valence-corrected chi connectivity index (χ2v) is 7.86. The van der Waals surface area contributed by atoms with Crippen LogP contribution in [0, 0.1) is 3.57 Å². The summed E-state index contributed by atoms with van der Waals surface area (Å²) in [4.78, 5) is 23.3. The molecule has 2 aromatic carbocycles. The molecule has 0 fully saturated rings. The van der Waals surface area contributed by atoms with Crippen molar-refractivity contribution in [1.29, 1.82) is 0 Å². The molecule has 0 atom stereocenters. The van der Waals surface area contributed by atoms with Crippen LogP contribution < -0.4 is 20.2 Å². The van der Waals surface area contributed by atoms with Gasteiger partial charge in [0.05, 0.1) is 16.9 Å². The summed E-state index contributed by atoms with van der Waals surface area (Å²) in [5.74, 6) is -0.392. The maximum absolute atomic E-state index is 11.7. The Morgan fingerprint density at radius 1 is 1.20 bits per heavy atom. The van der Waals surface area contributed by atoms with Crippen LogP contribution in [0.2, 0.25) is 5.02 Å². The van der Waals surface area contributed by atoms with Crippen LogP contribution in [0.4, 0.5) is 0 Å². The molecule has 0 aliphatic heterocycles. The summed E-state index contributed by atoms with van der Waals surface area (Å²) in [6, 6.07) is 11.0. The summed E-state index contributed by atoms with van der Waals surface area (Å²) in [5, 5.41) is 7.04. The molecule has 160 valence electrons. The van der Waals surface area contributed by atoms with Gasteiger partial charge in [0.15, 0.2) is 11.5 Å². The first-order chi connectivity index (χ1) is 14.4. The molecule has 0 aliphatic rings. The highest BCUT2D eigenvalue weighted by molar-refractivity contribution is 14.1. The fourth-order valence-corrected chi connectivity index (χ4v) is 3.27. The lowest BCUT2D eigenvalue weighted by atomic mass is 10.2. The highest BCUT2D eigenvalue weighted by Crippen LogP contribution is 2.34. The van der Waals surface area contributed by atoms with Crippen LogP contribution >= 0.6 is 34.2 Å². The minimum Gasteiger partial charge on any atom is -0.493 e. The molecule has 0 heterocycles. The molecule has 0 radical (unpaired) electrons. The number of nitrogens with zero attached hydrogens (tertiary/aromatic N) is 1. The van der Waals surface area contributed by atoms with Crippen molar-refractivity contribution in [2.75, 3.05) is 13.7 Å². The number of hydrazone groups is 1. The average molecular weight is 544 g/mol. The molecule has 30 heavy (non-hydrogen) atoms. The summed E-state index contributed by atoms with van der Waals surface area (Å²) in [6.07, 6.45) is 3.18. The number of rotatable bonds is 9. The van der Waals surface area contributed by atoms with Crippen LogP contribution in [0.5, 0.6) is 11.5 Å². The molecule has 7 nitrogen and oxygen atoms in total. The van der Waals surface area contributed by atoms with E-state index in [-0.39, 0.29) is 0 Å².